The second-order valence-corrected chi connectivity index (χ2v) is 13.8. The molecule has 1 aliphatic heterocycles. The average Bonchev–Trinajstić information content (AvgIpc) is 3.93. The Bertz CT molecular complexity index is 3020. The van der Waals surface area contributed by atoms with E-state index < -0.39 is 0 Å². The molecule has 0 spiro atoms. The minimum atomic E-state index is -0.308. The number of para-hydroxylation sites is 3. The molecular weight excluding hydrogens is 649 g/mol. The van der Waals surface area contributed by atoms with Crippen LogP contribution >= 0.6 is 0 Å². The van der Waals surface area contributed by atoms with Gasteiger partial charge in [0.05, 0.1) is 27.8 Å². The highest BCUT2D eigenvalue weighted by Crippen LogP contribution is 2.39. The van der Waals surface area contributed by atoms with E-state index in [1.54, 1.807) is 0 Å². The van der Waals surface area contributed by atoms with Crippen molar-refractivity contribution in [3.63, 3.8) is 0 Å². The quantitative estimate of drug-likeness (QED) is 0.169. The molecule has 0 fully saturated rings. The van der Waals surface area contributed by atoms with E-state index in [2.05, 4.69) is 201 Å². The average molecular weight is 683 g/mol. The third-order valence-corrected chi connectivity index (χ3v) is 10.7. The summed E-state index contributed by atoms with van der Waals surface area (Å²) in [5, 5.41) is 14.8. The fourth-order valence-electron chi connectivity index (χ4n) is 8.25. The molecule has 0 aliphatic carbocycles. The van der Waals surface area contributed by atoms with Crippen LogP contribution in [0.3, 0.4) is 0 Å². The van der Waals surface area contributed by atoms with E-state index >= 15 is 0 Å². The van der Waals surface area contributed by atoms with Crippen LogP contribution < -0.4 is 10.6 Å². The topological polar surface area (TPSA) is 62.1 Å². The number of aromatic amines is 1. The molecule has 1 aliphatic rings. The van der Waals surface area contributed by atoms with Crippen molar-refractivity contribution in [2.24, 2.45) is 4.99 Å². The normalized spacial score (nSPS) is 16.1. The molecule has 0 saturated carbocycles. The van der Waals surface area contributed by atoms with E-state index in [-0.39, 0.29) is 12.3 Å². The Balaban J connectivity index is 1.08. The molecule has 0 radical (unpaired) electrons. The van der Waals surface area contributed by atoms with E-state index in [9.17, 15) is 0 Å². The molecule has 6 nitrogen and oxygen atoms in total. The molecule has 11 rings (SSSR count). The van der Waals surface area contributed by atoms with Gasteiger partial charge in [0.1, 0.15) is 24.0 Å². The second-order valence-electron chi connectivity index (χ2n) is 13.8. The van der Waals surface area contributed by atoms with Gasteiger partial charge < -0.3 is 14.9 Å². The first-order valence-corrected chi connectivity index (χ1v) is 18.1. The summed E-state index contributed by atoms with van der Waals surface area (Å²) in [5.74, 6) is 1.85. The molecule has 10 aromatic rings. The zero-order valence-corrected chi connectivity index (χ0v) is 28.7. The summed E-state index contributed by atoms with van der Waals surface area (Å²) in [7, 11) is 0. The maximum Gasteiger partial charge on any atom is 0.144 e. The standard InChI is InChI=1S/C47H34N6/c1-3-14-31(15-4-1)45-49-46(33-24-23-30-13-7-8-16-32(30)27-33)51-47(50-45)39-25-26-44(48-39)53-41-22-12-10-20-36(41)38-28-37-35-19-9-11-21-40(35)52(42(37)29-43(38)53)34-17-5-2-6-18-34/h1-29,45,47-48,50H,(H,49,51)/t45-,47?/m0/s1. The van der Waals surface area contributed by atoms with E-state index in [1.807, 2.05) is 0 Å². The van der Waals surface area contributed by atoms with Gasteiger partial charge in [-0.3, -0.25) is 9.88 Å². The lowest BCUT2D eigenvalue weighted by atomic mass is 10.0. The zero-order valence-electron chi connectivity index (χ0n) is 28.7. The second kappa shape index (κ2) is 11.8. The van der Waals surface area contributed by atoms with Crippen LogP contribution in [0.2, 0.25) is 0 Å². The number of aromatic nitrogens is 3. The highest BCUT2D eigenvalue weighted by atomic mass is 15.3. The number of H-pyrrole nitrogens is 1. The Kier molecular flexibility index (Phi) is 6.66. The number of hydrogen-bond acceptors (Lipinski definition) is 3. The summed E-state index contributed by atoms with van der Waals surface area (Å²) in [6, 6.07) is 62.7. The van der Waals surface area contributed by atoms with Gasteiger partial charge >= 0.3 is 0 Å². The van der Waals surface area contributed by atoms with Gasteiger partial charge in [0, 0.05) is 32.8 Å². The van der Waals surface area contributed by atoms with Gasteiger partial charge in [0.25, 0.3) is 0 Å². The smallest absolute Gasteiger partial charge is 0.144 e. The van der Waals surface area contributed by atoms with Crippen LogP contribution in [-0.4, -0.2) is 20.0 Å². The first-order valence-electron chi connectivity index (χ1n) is 18.1. The predicted molar refractivity (Wildman–Crippen MR) is 218 cm³/mol. The van der Waals surface area contributed by atoms with Crippen LogP contribution in [0.1, 0.15) is 29.2 Å². The molecule has 53 heavy (non-hydrogen) atoms. The SMILES string of the molecule is c1ccc([C@H]2NC(c3ccc4ccccc4c3)=NC(c3ccc(-n4c5ccccc5c5cc6c7ccccc7n(-c7ccccc7)c6cc54)[nH]3)N2)cc1. The number of rotatable bonds is 5. The number of fused-ring (bicyclic) bond motifs is 7. The van der Waals surface area contributed by atoms with Crippen LogP contribution in [0.25, 0.3) is 65.9 Å². The van der Waals surface area contributed by atoms with E-state index in [1.165, 1.54) is 43.4 Å². The number of amidine groups is 1. The lowest BCUT2D eigenvalue weighted by Crippen LogP contribution is -2.45. The Morgan fingerprint density at radius 2 is 1.11 bits per heavy atom. The van der Waals surface area contributed by atoms with Gasteiger partial charge in [-0.15, -0.1) is 0 Å². The number of nitrogens with zero attached hydrogens (tertiary/aromatic N) is 3. The van der Waals surface area contributed by atoms with Crippen LogP contribution in [0.15, 0.2) is 181 Å². The van der Waals surface area contributed by atoms with Crippen molar-refractivity contribution in [1.29, 1.82) is 0 Å². The monoisotopic (exact) mass is 682 g/mol. The van der Waals surface area contributed by atoms with Crippen molar-refractivity contribution in [3.05, 3.63) is 193 Å². The molecule has 1 unspecified atom stereocenters. The summed E-state index contributed by atoms with van der Waals surface area (Å²) in [6.45, 7) is 0. The number of benzene rings is 7. The number of hydrogen-bond donors (Lipinski definition) is 3. The summed E-state index contributed by atoms with van der Waals surface area (Å²) >= 11 is 0. The first-order chi connectivity index (χ1) is 26.3. The first kappa shape index (κ1) is 29.8. The Labute approximate surface area is 305 Å². The van der Waals surface area contributed by atoms with Crippen LogP contribution in [-0.2, 0) is 0 Å². The molecule has 7 aromatic carbocycles. The maximum atomic E-state index is 5.29. The molecule has 0 amide bonds. The molecule has 6 heteroatoms. The molecule has 252 valence electrons. The van der Waals surface area contributed by atoms with Crippen molar-refractivity contribution in [2.45, 2.75) is 12.3 Å². The van der Waals surface area contributed by atoms with Crippen molar-refractivity contribution < 1.29 is 0 Å². The highest BCUT2D eigenvalue weighted by molar-refractivity contribution is 6.19. The van der Waals surface area contributed by atoms with Crippen molar-refractivity contribution in [3.8, 4) is 11.5 Å². The van der Waals surface area contributed by atoms with Gasteiger partial charge in [0.2, 0.25) is 0 Å². The van der Waals surface area contributed by atoms with Crippen LogP contribution in [0.5, 0.6) is 0 Å². The lowest BCUT2D eigenvalue weighted by molar-refractivity contribution is 0.404. The molecule has 3 aromatic heterocycles. The summed E-state index contributed by atoms with van der Waals surface area (Å²) in [4.78, 5) is 9.11. The van der Waals surface area contributed by atoms with Gasteiger partial charge in [-0.1, -0.05) is 121 Å². The van der Waals surface area contributed by atoms with Gasteiger partial charge in [-0.25, -0.2) is 4.99 Å². The lowest BCUT2D eigenvalue weighted by Gasteiger charge is -2.31. The molecular formula is C47H34N6. The summed E-state index contributed by atoms with van der Waals surface area (Å²) < 4.78 is 4.75. The number of aliphatic imine (C=N–C) groups is 1. The van der Waals surface area contributed by atoms with Crippen molar-refractivity contribution in [1.82, 2.24) is 24.8 Å². The van der Waals surface area contributed by atoms with Crippen molar-refractivity contribution >= 4 is 60.2 Å². The van der Waals surface area contributed by atoms with Gasteiger partial charge in [0.15, 0.2) is 0 Å². The third-order valence-electron chi connectivity index (χ3n) is 10.7. The van der Waals surface area contributed by atoms with E-state index in [0.717, 1.165) is 45.2 Å². The van der Waals surface area contributed by atoms with Gasteiger partial charge in [-0.2, -0.15) is 0 Å². The zero-order chi connectivity index (χ0) is 34.9. The molecule has 3 N–H and O–H groups in total. The van der Waals surface area contributed by atoms with E-state index in [0.29, 0.717) is 0 Å². The third kappa shape index (κ3) is 4.80. The molecule has 2 atom stereocenters. The Hall–Kier alpha value is -6.89. The largest absolute Gasteiger partial charge is 0.350 e. The summed E-state index contributed by atoms with van der Waals surface area (Å²) in [6.07, 6.45) is -0.439. The van der Waals surface area contributed by atoms with E-state index in [4.69, 9.17) is 4.99 Å². The molecule has 4 heterocycles. The summed E-state index contributed by atoms with van der Waals surface area (Å²) in [5.41, 5.74) is 9.02. The molecule has 0 saturated heterocycles. The molecule has 0 bridgehead atoms. The fraction of sp³-hybridized carbons (Fsp3) is 0.0426. The Morgan fingerprint density at radius 3 is 1.89 bits per heavy atom. The Morgan fingerprint density at radius 1 is 0.472 bits per heavy atom. The predicted octanol–water partition coefficient (Wildman–Crippen LogP) is 10.7. The minimum Gasteiger partial charge on any atom is -0.350 e. The highest BCUT2D eigenvalue weighted by Gasteiger charge is 2.27. The van der Waals surface area contributed by atoms with Gasteiger partial charge in [-0.05, 0) is 70.9 Å². The number of nitrogens with one attached hydrogen (secondary N) is 3. The van der Waals surface area contributed by atoms with Crippen molar-refractivity contribution in [2.75, 3.05) is 0 Å². The van der Waals surface area contributed by atoms with Crippen LogP contribution in [0, 0.1) is 0 Å². The maximum absolute atomic E-state index is 5.29. The van der Waals surface area contributed by atoms with Crippen LogP contribution in [0.4, 0.5) is 0 Å². The minimum absolute atomic E-state index is 0.131. The fourth-order valence-corrected chi connectivity index (χ4v) is 8.25.